The van der Waals surface area contributed by atoms with Crippen LogP contribution in [0, 0.1) is 0 Å². The van der Waals surface area contributed by atoms with Crippen LogP contribution in [0.1, 0.15) is 47.0 Å². The van der Waals surface area contributed by atoms with E-state index in [1.54, 1.807) is 17.9 Å². The molecule has 2 atom stereocenters. The molecule has 152 valence electrons. The number of nitrogens with one attached hydrogen (secondary N) is 1. The molecule has 29 heavy (non-hydrogen) atoms. The van der Waals surface area contributed by atoms with Gasteiger partial charge in [0.1, 0.15) is 6.04 Å². The predicted molar refractivity (Wildman–Crippen MR) is 111 cm³/mol. The lowest BCUT2D eigenvalue weighted by atomic mass is 10.1. The number of benzene rings is 1. The van der Waals surface area contributed by atoms with Gasteiger partial charge in [-0.3, -0.25) is 9.59 Å². The number of aryl methyl sites for hydroxylation is 2. The summed E-state index contributed by atoms with van der Waals surface area (Å²) in [6.07, 6.45) is 3.61. The highest BCUT2D eigenvalue weighted by Crippen LogP contribution is 2.26. The molecule has 2 aliphatic rings. The smallest absolute Gasteiger partial charge is 0.329 e. The molecule has 1 aromatic carbocycles. The minimum Gasteiger partial charge on any atom is -0.451 e. The van der Waals surface area contributed by atoms with Crippen molar-refractivity contribution in [2.24, 2.45) is 0 Å². The van der Waals surface area contributed by atoms with Crippen molar-refractivity contribution in [2.75, 3.05) is 11.9 Å². The summed E-state index contributed by atoms with van der Waals surface area (Å²) in [5.41, 5.74) is 3.31. The maximum Gasteiger partial charge on any atom is 0.329 e. The van der Waals surface area contributed by atoms with Gasteiger partial charge >= 0.3 is 5.97 Å². The molecule has 0 radical (unpaired) electrons. The second-order valence-corrected chi connectivity index (χ2v) is 8.49. The second-order valence-electron chi connectivity index (χ2n) is 7.54. The number of anilines is 1. The number of carbonyl (C=O) groups is 3. The Labute approximate surface area is 173 Å². The van der Waals surface area contributed by atoms with Crippen LogP contribution in [-0.2, 0) is 27.2 Å². The monoisotopic (exact) mass is 412 g/mol. The van der Waals surface area contributed by atoms with E-state index in [0.717, 1.165) is 25.7 Å². The number of hydrogen-bond acceptors (Lipinski definition) is 5. The minimum absolute atomic E-state index is 0.158. The Bertz CT molecular complexity index is 925. The molecule has 2 heterocycles. The van der Waals surface area contributed by atoms with Gasteiger partial charge in [-0.15, -0.1) is 11.3 Å². The molecule has 1 saturated heterocycles. The minimum atomic E-state index is -0.935. The third-order valence-electron chi connectivity index (χ3n) is 5.55. The summed E-state index contributed by atoms with van der Waals surface area (Å²) < 4.78 is 5.42. The van der Waals surface area contributed by atoms with Crippen molar-refractivity contribution in [1.29, 1.82) is 0 Å². The number of likely N-dealkylation sites (tertiary alicyclic amines) is 1. The Hall–Kier alpha value is -2.67. The highest BCUT2D eigenvalue weighted by molar-refractivity contribution is 7.12. The number of fused-ring (bicyclic) bond motifs is 1. The van der Waals surface area contributed by atoms with Crippen LogP contribution < -0.4 is 5.32 Å². The normalized spacial score (nSPS) is 18.9. The topological polar surface area (TPSA) is 75.7 Å². The Morgan fingerprint density at radius 1 is 1.17 bits per heavy atom. The average molecular weight is 413 g/mol. The molecule has 0 saturated carbocycles. The Balaban J connectivity index is 1.36. The number of esters is 1. The average Bonchev–Trinajstić information content (AvgIpc) is 3.48. The quantitative estimate of drug-likeness (QED) is 0.764. The number of nitrogens with zero attached hydrogens (tertiary/aromatic N) is 1. The zero-order chi connectivity index (χ0) is 20.4. The summed E-state index contributed by atoms with van der Waals surface area (Å²) >= 11 is 1.35. The Morgan fingerprint density at radius 3 is 2.79 bits per heavy atom. The third-order valence-corrected chi connectivity index (χ3v) is 6.40. The van der Waals surface area contributed by atoms with Crippen molar-refractivity contribution in [3.8, 4) is 0 Å². The SMILES string of the molecule is CC(OC(=O)C1CCCN1C(=O)c1cccs1)C(=O)Nc1ccc2c(c1)CCC2. The zero-order valence-corrected chi connectivity index (χ0v) is 17.2. The van der Waals surface area contributed by atoms with Gasteiger partial charge in [-0.05, 0) is 73.7 Å². The van der Waals surface area contributed by atoms with Crippen molar-refractivity contribution in [3.63, 3.8) is 0 Å². The van der Waals surface area contributed by atoms with E-state index in [1.807, 2.05) is 29.6 Å². The fraction of sp³-hybridized carbons (Fsp3) is 0.409. The van der Waals surface area contributed by atoms with Gasteiger partial charge in [-0.25, -0.2) is 4.79 Å². The highest BCUT2D eigenvalue weighted by atomic mass is 32.1. The lowest BCUT2D eigenvalue weighted by Crippen LogP contribution is -2.43. The number of rotatable bonds is 5. The van der Waals surface area contributed by atoms with Gasteiger partial charge in [0.15, 0.2) is 6.10 Å². The molecule has 0 spiro atoms. The molecular weight excluding hydrogens is 388 g/mol. The number of amides is 2. The van der Waals surface area contributed by atoms with Crippen LogP contribution in [0.25, 0.3) is 0 Å². The second kappa shape index (κ2) is 8.37. The van der Waals surface area contributed by atoms with Gasteiger partial charge in [-0.2, -0.15) is 0 Å². The van der Waals surface area contributed by atoms with Crippen LogP contribution in [0.15, 0.2) is 35.7 Å². The molecule has 4 rings (SSSR count). The van der Waals surface area contributed by atoms with E-state index in [2.05, 4.69) is 5.32 Å². The van der Waals surface area contributed by atoms with Gasteiger partial charge in [0.05, 0.1) is 4.88 Å². The van der Waals surface area contributed by atoms with E-state index in [0.29, 0.717) is 23.5 Å². The van der Waals surface area contributed by atoms with E-state index in [9.17, 15) is 14.4 Å². The van der Waals surface area contributed by atoms with Crippen LogP contribution in [0.4, 0.5) is 5.69 Å². The van der Waals surface area contributed by atoms with E-state index >= 15 is 0 Å². The molecule has 0 bridgehead atoms. The largest absolute Gasteiger partial charge is 0.451 e. The van der Waals surface area contributed by atoms with E-state index in [1.165, 1.54) is 22.5 Å². The molecule has 2 amide bonds. The first-order chi connectivity index (χ1) is 14.0. The van der Waals surface area contributed by atoms with Crippen molar-refractivity contribution in [3.05, 3.63) is 51.7 Å². The summed E-state index contributed by atoms with van der Waals surface area (Å²) in [6, 6.07) is 8.84. The molecule has 2 unspecified atom stereocenters. The molecule has 1 N–H and O–H groups in total. The first kappa shape index (κ1) is 19.6. The lowest BCUT2D eigenvalue weighted by molar-refractivity contribution is -0.156. The maximum atomic E-state index is 12.7. The summed E-state index contributed by atoms with van der Waals surface area (Å²) in [5, 5.41) is 4.66. The van der Waals surface area contributed by atoms with E-state index in [4.69, 9.17) is 4.74 Å². The van der Waals surface area contributed by atoms with Gasteiger partial charge in [0, 0.05) is 12.2 Å². The summed E-state index contributed by atoms with van der Waals surface area (Å²) in [7, 11) is 0. The first-order valence-electron chi connectivity index (χ1n) is 10.0. The van der Waals surface area contributed by atoms with Gasteiger partial charge in [0.2, 0.25) is 0 Å². The van der Waals surface area contributed by atoms with Crippen molar-refractivity contribution < 1.29 is 19.1 Å². The molecule has 1 aliphatic heterocycles. The van der Waals surface area contributed by atoms with E-state index < -0.39 is 18.1 Å². The summed E-state index contributed by atoms with van der Waals surface area (Å²) in [5.74, 6) is -1.05. The number of ether oxygens (including phenoxy) is 1. The molecule has 1 fully saturated rings. The van der Waals surface area contributed by atoms with Crippen molar-refractivity contribution in [1.82, 2.24) is 4.90 Å². The Morgan fingerprint density at radius 2 is 2.00 bits per heavy atom. The van der Waals surface area contributed by atoms with Gasteiger partial charge in [-0.1, -0.05) is 12.1 Å². The van der Waals surface area contributed by atoms with Crippen LogP contribution >= 0.6 is 11.3 Å². The van der Waals surface area contributed by atoms with Crippen LogP contribution in [-0.4, -0.2) is 41.4 Å². The summed E-state index contributed by atoms with van der Waals surface area (Å²) in [4.78, 5) is 39.9. The van der Waals surface area contributed by atoms with Crippen molar-refractivity contribution in [2.45, 2.75) is 51.2 Å². The maximum absolute atomic E-state index is 12.7. The van der Waals surface area contributed by atoms with Crippen LogP contribution in [0.2, 0.25) is 0 Å². The van der Waals surface area contributed by atoms with Gasteiger partial charge in [0.25, 0.3) is 11.8 Å². The van der Waals surface area contributed by atoms with Crippen LogP contribution in [0.5, 0.6) is 0 Å². The van der Waals surface area contributed by atoms with Gasteiger partial charge < -0.3 is 15.0 Å². The molecule has 6 nitrogen and oxygen atoms in total. The highest BCUT2D eigenvalue weighted by Gasteiger charge is 2.37. The Kier molecular flexibility index (Phi) is 5.67. The van der Waals surface area contributed by atoms with Crippen molar-refractivity contribution >= 4 is 34.8 Å². The molecule has 2 aromatic rings. The third kappa shape index (κ3) is 4.19. The fourth-order valence-corrected chi connectivity index (χ4v) is 4.68. The number of carbonyl (C=O) groups excluding carboxylic acids is 3. The molecule has 1 aromatic heterocycles. The first-order valence-corrected chi connectivity index (χ1v) is 10.9. The molecule has 1 aliphatic carbocycles. The molecule has 7 heteroatoms. The molecular formula is C22H24N2O4S. The fourth-order valence-electron chi connectivity index (χ4n) is 4.00. The zero-order valence-electron chi connectivity index (χ0n) is 16.3. The summed E-state index contributed by atoms with van der Waals surface area (Å²) in [6.45, 7) is 2.08. The standard InChI is InChI=1S/C22H24N2O4S/c1-14(20(25)23-17-10-9-15-5-2-6-16(15)13-17)28-22(27)18-7-3-11-24(18)21(26)19-8-4-12-29-19/h4,8-10,12-14,18H,2-3,5-7,11H2,1H3,(H,23,25). The predicted octanol–water partition coefficient (Wildman–Crippen LogP) is 3.41. The van der Waals surface area contributed by atoms with E-state index in [-0.39, 0.29) is 11.8 Å². The number of thiophene rings is 1. The number of hydrogen-bond donors (Lipinski definition) is 1. The van der Waals surface area contributed by atoms with Crippen LogP contribution in [0.3, 0.4) is 0 Å². The lowest BCUT2D eigenvalue weighted by Gasteiger charge is -2.24.